The Kier molecular flexibility index (Phi) is 5.17. The molecule has 0 aliphatic heterocycles. The van der Waals surface area contributed by atoms with Crippen LogP contribution in [-0.4, -0.2) is 11.6 Å². The number of hydrogen-bond acceptors (Lipinski definition) is 2. The second-order valence-electron chi connectivity index (χ2n) is 4.25. The first kappa shape index (κ1) is 12.9. The van der Waals surface area contributed by atoms with Crippen LogP contribution in [-0.2, 0) is 9.59 Å². The normalized spacial score (nSPS) is 16.1. The van der Waals surface area contributed by atoms with E-state index in [1.54, 1.807) is 0 Å². The van der Waals surface area contributed by atoms with Gasteiger partial charge >= 0.3 is 0 Å². The average Bonchev–Trinajstić information content (AvgIpc) is 2.30. The van der Waals surface area contributed by atoms with Crippen LogP contribution in [0.3, 0.4) is 0 Å². The van der Waals surface area contributed by atoms with Gasteiger partial charge in [0.2, 0.25) is 11.6 Å². The van der Waals surface area contributed by atoms with Gasteiger partial charge in [-0.15, -0.1) is 0 Å². The summed E-state index contributed by atoms with van der Waals surface area (Å²) in [4.78, 5) is 23.5. The lowest BCUT2D eigenvalue weighted by Gasteiger charge is -2.12. The van der Waals surface area contributed by atoms with Gasteiger partial charge in [-0.05, 0) is 25.7 Å². The van der Waals surface area contributed by atoms with Gasteiger partial charge in [0.1, 0.15) is 0 Å². The maximum Gasteiger partial charge on any atom is 0.229 e. The largest absolute Gasteiger partial charge is 0.285 e. The highest BCUT2D eigenvalue weighted by Crippen LogP contribution is 2.20. The summed E-state index contributed by atoms with van der Waals surface area (Å²) in [6.45, 7) is 4.16. The highest BCUT2D eigenvalue weighted by Gasteiger charge is 2.24. The van der Waals surface area contributed by atoms with Crippen LogP contribution in [0.15, 0.2) is 23.3 Å². The molecular weight excluding hydrogens is 200 g/mol. The van der Waals surface area contributed by atoms with E-state index in [0.717, 1.165) is 38.5 Å². The van der Waals surface area contributed by atoms with E-state index >= 15 is 0 Å². The highest BCUT2D eigenvalue weighted by atomic mass is 16.2. The first-order valence-electron chi connectivity index (χ1n) is 6.19. The fraction of sp³-hybridized carbons (Fsp3) is 0.571. The van der Waals surface area contributed by atoms with E-state index < -0.39 is 0 Å². The Morgan fingerprint density at radius 2 is 1.19 bits per heavy atom. The van der Waals surface area contributed by atoms with E-state index in [2.05, 4.69) is 13.8 Å². The van der Waals surface area contributed by atoms with Crippen molar-refractivity contribution < 1.29 is 9.59 Å². The van der Waals surface area contributed by atoms with Gasteiger partial charge in [0.25, 0.3) is 0 Å². The Hall–Kier alpha value is -1.18. The van der Waals surface area contributed by atoms with Gasteiger partial charge in [-0.25, -0.2) is 0 Å². The lowest BCUT2D eigenvalue weighted by Crippen LogP contribution is -2.21. The van der Waals surface area contributed by atoms with E-state index in [1.807, 2.05) is 12.2 Å². The minimum atomic E-state index is -0.276. The molecule has 1 rings (SSSR count). The zero-order valence-corrected chi connectivity index (χ0v) is 10.2. The Bertz CT molecular complexity index is 301. The van der Waals surface area contributed by atoms with Crippen molar-refractivity contribution in [2.45, 2.75) is 52.4 Å². The number of carbonyl (C=O) groups is 2. The average molecular weight is 220 g/mol. The molecule has 2 nitrogen and oxygen atoms in total. The highest BCUT2D eigenvalue weighted by molar-refractivity contribution is 6.49. The van der Waals surface area contributed by atoms with Gasteiger partial charge in [-0.1, -0.05) is 38.8 Å². The summed E-state index contributed by atoms with van der Waals surface area (Å²) in [7, 11) is 0. The van der Waals surface area contributed by atoms with Crippen molar-refractivity contribution in [2.75, 3.05) is 0 Å². The molecule has 0 saturated carbocycles. The molecule has 0 heterocycles. The molecule has 0 radical (unpaired) electrons. The fourth-order valence-electron chi connectivity index (χ4n) is 1.77. The molecule has 0 unspecified atom stereocenters. The fourth-order valence-corrected chi connectivity index (χ4v) is 1.77. The maximum atomic E-state index is 11.7. The minimum absolute atomic E-state index is 0.276. The molecule has 2 heteroatoms. The lowest BCUT2D eigenvalue weighted by molar-refractivity contribution is -0.132. The zero-order chi connectivity index (χ0) is 12.0. The second kappa shape index (κ2) is 6.41. The monoisotopic (exact) mass is 220 g/mol. The molecule has 0 bridgehead atoms. The van der Waals surface area contributed by atoms with E-state index in [-0.39, 0.29) is 11.6 Å². The van der Waals surface area contributed by atoms with Crippen molar-refractivity contribution in [1.29, 1.82) is 0 Å². The predicted octanol–water partition coefficient (Wildman–Crippen LogP) is 3.37. The molecule has 0 atom stereocenters. The molecule has 0 saturated heterocycles. The van der Waals surface area contributed by atoms with Crippen LogP contribution in [0.1, 0.15) is 52.4 Å². The lowest BCUT2D eigenvalue weighted by atomic mass is 9.90. The Morgan fingerprint density at radius 3 is 1.50 bits per heavy atom. The van der Waals surface area contributed by atoms with Crippen molar-refractivity contribution >= 4 is 11.6 Å². The van der Waals surface area contributed by atoms with Gasteiger partial charge in [0, 0.05) is 11.1 Å². The molecule has 0 amide bonds. The summed E-state index contributed by atoms with van der Waals surface area (Å²) < 4.78 is 0. The summed E-state index contributed by atoms with van der Waals surface area (Å²) in [5.41, 5.74) is 1.37. The SMILES string of the molecule is CCCCC1=CC=C(CCCC)C(=O)C1=O. The van der Waals surface area contributed by atoms with E-state index in [1.165, 1.54) is 0 Å². The van der Waals surface area contributed by atoms with Crippen LogP contribution in [0.5, 0.6) is 0 Å². The Labute approximate surface area is 97.4 Å². The smallest absolute Gasteiger partial charge is 0.229 e. The summed E-state index contributed by atoms with van der Waals surface area (Å²) in [5.74, 6) is -0.552. The van der Waals surface area contributed by atoms with Crippen LogP contribution >= 0.6 is 0 Å². The summed E-state index contributed by atoms with van der Waals surface area (Å²) >= 11 is 0. The van der Waals surface area contributed by atoms with E-state index in [9.17, 15) is 9.59 Å². The van der Waals surface area contributed by atoms with Crippen molar-refractivity contribution in [3.8, 4) is 0 Å². The number of allylic oxidation sites excluding steroid dienone is 4. The Balaban J connectivity index is 2.69. The molecule has 0 aromatic carbocycles. The zero-order valence-electron chi connectivity index (χ0n) is 10.2. The topological polar surface area (TPSA) is 34.1 Å². The molecule has 1 aliphatic rings. The summed E-state index contributed by atoms with van der Waals surface area (Å²) in [6.07, 6.45) is 9.19. The van der Waals surface area contributed by atoms with E-state index in [4.69, 9.17) is 0 Å². The molecule has 88 valence electrons. The van der Waals surface area contributed by atoms with Gasteiger partial charge in [-0.2, -0.15) is 0 Å². The number of carbonyl (C=O) groups excluding carboxylic acids is 2. The maximum absolute atomic E-state index is 11.7. The molecule has 0 fully saturated rings. The van der Waals surface area contributed by atoms with Crippen molar-refractivity contribution in [1.82, 2.24) is 0 Å². The van der Waals surface area contributed by atoms with Crippen LogP contribution in [0.2, 0.25) is 0 Å². The van der Waals surface area contributed by atoms with Gasteiger partial charge in [-0.3, -0.25) is 9.59 Å². The Morgan fingerprint density at radius 1 is 0.812 bits per heavy atom. The third-order valence-electron chi connectivity index (χ3n) is 2.87. The van der Waals surface area contributed by atoms with Gasteiger partial charge in [0.05, 0.1) is 0 Å². The van der Waals surface area contributed by atoms with Crippen molar-refractivity contribution in [3.05, 3.63) is 23.3 Å². The number of rotatable bonds is 6. The molecule has 1 aliphatic carbocycles. The number of unbranched alkanes of at least 4 members (excludes halogenated alkanes) is 2. The van der Waals surface area contributed by atoms with E-state index in [0.29, 0.717) is 11.1 Å². The van der Waals surface area contributed by atoms with Crippen LogP contribution in [0, 0.1) is 0 Å². The van der Waals surface area contributed by atoms with Crippen LogP contribution in [0.25, 0.3) is 0 Å². The molecule has 0 aromatic rings. The standard InChI is InChI=1S/C14H20O2/c1-3-5-7-11-9-10-12(8-6-4-2)14(16)13(11)15/h9-10H,3-8H2,1-2H3. The van der Waals surface area contributed by atoms with Gasteiger partial charge < -0.3 is 0 Å². The summed E-state index contributed by atoms with van der Waals surface area (Å²) in [6, 6.07) is 0. The molecule has 0 N–H and O–H groups in total. The number of hydrogen-bond donors (Lipinski definition) is 0. The first-order valence-corrected chi connectivity index (χ1v) is 6.19. The molecule has 0 aromatic heterocycles. The van der Waals surface area contributed by atoms with Crippen LogP contribution in [0.4, 0.5) is 0 Å². The van der Waals surface area contributed by atoms with Crippen molar-refractivity contribution in [3.63, 3.8) is 0 Å². The van der Waals surface area contributed by atoms with Crippen LogP contribution < -0.4 is 0 Å². The molecule has 16 heavy (non-hydrogen) atoms. The quantitative estimate of drug-likeness (QED) is 0.508. The predicted molar refractivity (Wildman–Crippen MR) is 65.2 cm³/mol. The molecule has 0 spiro atoms. The molecular formula is C14H20O2. The first-order chi connectivity index (χ1) is 7.70. The van der Waals surface area contributed by atoms with Gasteiger partial charge in [0.15, 0.2) is 0 Å². The third-order valence-corrected chi connectivity index (χ3v) is 2.87. The second-order valence-corrected chi connectivity index (χ2v) is 4.25. The van der Waals surface area contributed by atoms with Crippen molar-refractivity contribution in [2.24, 2.45) is 0 Å². The third kappa shape index (κ3) is 3.16. The minimum Gasteiger partial charge on any atom is -0.285 e. The number of ketones is 2. The summed E-state index contributed by atoms with van der Waals surface area (Å²) in [5, 5.41) is 0. The number of Topliss-reactive ketones (excluding diaryl/α,β-unsaturated/α-hetero) is 2.